The molecule has 0 bridgehead atoms. The van der Waals surface area contributed by atoms with Gasteiger partial charge in [0.05, 0.1) is 5.69 Å². The monoisotopic (exact) mass is 292 g/mol. The van der Waals surface area contributed by atoms with E-state index >= 15 is 0 Å². The maximum Gasteiger partial charge on any atom is 0.146 e. The van der Waals surface area contributed by atoms with Crippen LogP contribution in [0.1, 0.15) is 0 Å². The molecule has 0 radical (unpaired) electrons. The number of fused-ring (bicyclic) bond motifs is 1. The number of aliphatic imine (C=N–C) groups is 1. The van der Waals surface area contributed by atoms with Crippen LogP contribution in [-0.2, 0) is 0 Å². The first-order valence-electron chi connectivity index (χ1n) is 5.65. The summed E-state index contributed by atoms with van der Waals surface area (Å²) in [6.45, 7) is 0. The first kappa shape index (κ1) is 12.3. The predicted octanol–water partition coefficient (Wildman–Crippen LogP) is 3.43. The van der Waals surface area contributed by atoms with Crippen molar-refractivity contribution in [2.24, 2.45) is 4.99 Å². The van der Waals surface area contributed by atoms with Crippen LogP contribution in [0, 0.1) is 0 Å². The average molecular weight is 293 g/mol. The lowest BCUT2D eigenvalue weighted by molar-refractivity contribution is 0.338. The molecule has 96 valence electrons. The average Bonchev–Trinajstić information content (AvgIpc) is 2.37. The molecule has 6 heteroatoms. The first-order valence-corrected chi connectivity index (χ1v) is 6.36. The number of hydrogen-bond acceptors (Lipinski definition) is 3. The Morgan fingerprint density at radius 3 is 2.58 bits per heavy atom. The molecule has 4 nitrogen and oxygen atoms in total. The van der Waals surface area contributed by atoms with Gasteiger partial charge >= 0.3 is 0 Å². The summed E-state index contributed by atoms with van der Waals surface area (Å²) < 4.78 is 1.13. The minimum absolute atomic E-state index is 0.397. The molecular weight excluding hydrogens is 283 g/mol. The number of hydrogen-bond donors (Lipinski definition) is 2. The van der Waals surface area contributed by atoms with Gasteiger partial charge in [0.1, 0.15) is 11.0 Å². The second-order valence-corrected chi connectivity index (χ2v) is 4.77. The highest BCUT2D eigenvalue weighted by Gasteiger charge is 2.11. The second-order valence-electron chi connectivity index (χ2n) is 4.03. The number of halogens is 2. The van der Waals surface area contributed by atoms with E-state index in [9.17, 15) is 0 Å². The van der Waals surface area contributed by atoms with Gasteiger partial charge < -0.3 is 0 Å². The molecule has 0 aliphatic carbocycles. The van der Waals surface area contributed by atoms with Gasteiger partial charge in [-0.2, -0.15) is 0 Å². The van der Waals surface area contributed by atoms with Crippen molar-refractivity contribution in [1.82, 2.24) is 15.5 Å². The number of hydrazine groups is 2. The Balaban J connectivity index is 1.98. The SMILES string of the molecule is ClC1=CC(=Nc2ccc3ccccc3c2)NN(Cl)N1. The van der Waals surface area contributed by atoms with Crippen molar-refractivity contribution in [1.29, 1.82) is 0 Å². The lowest BCUT2D eigenvalue weighted by Crippen LogP contribution is -2.46. The van der Waals surface area contributed by atoms with Crippen molar-refractivity contribution >= 4 is 45.7 Å². The highest BCUT2D eigenvalue weighted by atomic mass is 35.5. The summed E-state index contributed by atoms with van der Waals surface area (Å²) in [6, 6.07) is 14.1. The fourth-order valence-electron chi connectivity index (χ4n) is 1.85. The molecule has 19 heavy (non-hydrogen) atoms. The fourth-order valence-corrected chi connectivity index (χ4v) is 2.26. The van der Waals surface area contributed by atoms with Crippen LogP contribution in [0.3, 0.4) is 0 Å². The fraction of sp³-hybridized carbons (Fsp3) is 0. The number of amidine groups is 1. The Morgan fingerprint density at radius 1 is 1.00 bits per heavy atom. The summed E-state index contributed by atoms with van der Waals surface area (Å²) >= 11 is 11.6. The van der Waals surface area contributed by atoms with Gasteiger partial charge in [0, 0.05) is 17.9 Å². The van der Waals surface area contributed by atoms with Gasteiger partial charge in [-0.15, -0.1) is 0 Å². The van der Waals surface area contributed by atoms with E-state index in [-0.39, 0.29) is 0 Å². The van der Waals surface area contributed by atoms with Crippen molar-refractivity contribution in [2.75, 3.05) is 0 Å². The van der Waals surface area contributed by atoms with E-state index in [0.29, 0.717) is 11.0 Å². The van der Waals surface area contributed by atoms with Crippen molar-refractivity contribution in [2.45, 2.75) is 0 Å². The van der Waals surface area contributed by atoms with E-state index in [1.165, 1.54) is 5.39 Å². The van der Waals surface area contributed by atoms with Crippen molar-refractivity contribution in [3.63, 3.8) is 0 Å². The van der Waals surface area contributed by atoms with Crippen molar-refractivity contribution in [3.8, 4) is 0 Å². The molecule has 0 spiro atoms. The zero-order valence-electron chi connectivity index (χ0n) is 9.77. The van der Waals surface area contributed by atoms with E-state index in [2.05, 4.69) is 21.9 Å². The molecule has 0 amide bonds. The normalized spacial score (nSPS) is 18.0. The highest BCUT2D eigenvalue weighted by Crippen LogP contribution is 2.21. The zero-order chi connectivity index (χ0) is 13.2. The molecule has 2 aromatic rings. The maximum atomic E-state index is 5.87. The van der Waals surface area contributed by atoms with Crippen LogP contribution in [0.5, 0.6) is 0 Å². The molecule has 1 heterocycles. The van der Waals surface area contributed by atoms with Crippen LogP contribution in [0.15, 0.2) is 58.7 Å². The van der Waals surface area contributed by atoms with E-state index in [4.69, 9.17) is 23.4 Å². The third-order valence-corrected chi connectivity index (χ3v) is 3.03. The summed E-state index contributed by atoms with van der Waals surface area (Å²) in [6.07, 6.45) is 1.66. The Kier molecular flexibility index (Phi) is 3.29. The standard InChI is InChI=1S/C13H10Cl2N4/c14-12-8-13(18-19(15)17-12)16-11-6-5-9-3-1-2-4-10(9)7-11/h1-8,17H,(H,16,18). The van der Waals surface area contributed by atoms with Gasteiger partial charge in [0.15, 0.2) is 0 Å². The van der Waals surface area contributed by atoms with Gasteiger partial charge in [-0.3, -0.25) is 10.9 Å². The Bertz CT molecular complexity index is 681. The van der Waals surface area contributed by atoms with Gasteiger partial charge in [-0.05, 0) is 27.5 Å². The van der Waals surface area contributed by atoms with Crippen LogP contribution >= 0.6 is 23.4 Å². The van der Waals surface area contributed by atoms with E-state index in [1.807, 2.05) is 36.4 Å². The summed E-state index contributed by atoms with van der Waals surface area (Å²) in [4.78, 5) is 4.45. The summed E-state index contributed by atoms with van der Waals surface area (Å²) in [7, 11) is 0. The lowest BCUT2D eigenvalue weighted by atomic mass is 10.1. The molecular formula is C13H10Cl2N4. The molecule has 0 saturated heterocycles. The third-order valence-electron chi connectivity index (χ3n) is 2.66. The van der Waals surface area contributed by atoms with Gasteiger partial charge in [0.25, 0.3) is 0 Å². The number of rotatable bonds is 1. The molecule has 0 unspecified atom stereocenters. The van der Waals surface area contributed by atoms with Crippen LogP contribution in [-0.4, -0.2) is 10.5 Å². The Morgan fingerprint density at radius 2 is 1.79 bits per heavy atom. The largest absolute Gasteiger partial charge is 0.276 e. The molecule has 1 aliphatic rings. The zero-order valence-corrected chi connectivity index (χ0v) is 11.3. The summed E-state index contributed by atoms with van der Waals surface area (Å²) in [5.74, 6) is 0.564. The smallest absolute Gasteiger partial charge is 0.146 e. The second kappa shape index (κ2) is 5.09. The number of benzene rings is 2. The van der Waals surface area contributed by atoms with Gasteiger partial charge in [-0.1, -0.05) is 41.9 Å². The van der Waals surface area contributed by atoms with Gasteiger partial charge in [0.2, 0.25) is 0 Å². The van der Waals surface area contributed by atoms with E-state index in [0.717, 1.165) is 15.7 Å². The summed E-state index contributed by atoms with van der Waals surface area (Å²) in [5.41, 5.74) is 6.31. The van der Waals surface area contributed by atoms with Crippen LogP contribution < -0.4 is 10.9 Å². The third kappa shape index (κ3) is 2.81. The molecule has 0 aromatic heterocycles. The van der Waals surface area contributed by atoms with Crippen LogP contribution in [0.2, 0.25) is 0 Å². The van der Waals surface area contributed by atoms with E-state index < -0.39 is 0 Å². The quantitative estimate of drug-likeness (QED) is 0.625. The lowest BCUT2D eigenvalue weighted by Gasteiger charge is -2.21. The topological polar surface area (TPSA) is 39.7 Å². The van der Waals surface area contributed by atoms with Gasteiger partial charge in [-0.25, -0.2) is 4.99 Å². The highest BCUT2D eigenvalue weighted by molar-refractivity contribution is 6.31. The Hall–Kier alpha value is -1.75. The van der Waals surface area contributed by atoms with Crippen molar-refractivity contribution < 1.29 is 0 Å². The Labute approximate surface area is 120 Å². The molecule has 1 aliphatic heterocycles. The summed E-state index contributed by atoms with van der Waals surface area (Å²) in [5, 5.41) is 2.71. The molecule has 0 saturated carbocycles. The van der Waals surface area contributed by atoms with E-state index in [1.54, 1.807) is 6.08 Å². The minimum atomic E-state index is 0.397. The first-order chi connectivity index (χ1) is 9.20. The number of nitrogens with one attached hydrogen (secondary N) is 2. The molecule has 2 aromatic carbocycles. The molecule has 0 fully saturated rings. The van der Waals surface area contributed by atoms with Crippen LogP contribution in [0.25, 0.3) is 10.8 Å². The van der Waals surface area contributed by atoms with Crippen LogP contribution in [0.4, 0.5) is 5.69 Å². The maximum absolute atomic E-state index is 5.87. The predicted molar refractivity (Wildman–Crippen MR) is 78.9 cm³/mol. The number of nitrogens with zero attached hydrogens (tertiary/aromatic N) is 2. The minimum Gasteiger partial charge on any atom is -0.276 e. The molecule has 2 N–H and O–H groups in total. The molecule has 0 atom stereocenters. The molecule has 3 rings (SSSR count). The van der Waals surface area contributed by atoms with Crippen molar-refractivity contribution in [3.05, 3.63) is 53.7 Å².